The molecule has 1 aromatic rings. The second-order valence-electron chi connectivity index (χ2n) is 4.02. The molecule has 90 valence electrons. The molecule has 1 amide bonds. The maximum atomic E-state index is 12.3. The molecule has 17 heavy (non-hydrogen) atoms. The highest BCUT2D eigenvalue weighted by atomic mass is 32.1. The van der Waals surface area contributed by atoms with Crippen molar-refractivity contribution in [3.63, 3.8) is 0 Å². The Labute approximate surface area is 107 Å². The van der Waals surface area contributed by atoms with E-state index in [9.17, 15) is 4.79 Å². The summed E-state index contributed by atoms with van der Waals surface area (Å²) in [7, 11) is 0. The summed E-state index contributed by atoms with van der Waals surface area (Å²) in [5, 5.41) is 8.60. The highest BCUT2D eigenvalue weighted by Crippen LogP contribution is 2.16. The fraction of sp³-hybridized carbons (Fsp3) is 0.385. The Hall–Kier alpha value is -1.47. The first-order valence-corrected chi connectivity index (χ1v) is 5.98. The summed E-state index contributed by atoms with van der Waals surface area (Å²) >= 11 is 4.28. The lowest BCUT2D eigenvalue weighted by molar-refractivity contribution is 0.0707. The fourth-order valence-electron chi connectivity index (χ4n) is 1.57. The molecule has 3 nitrogen and oxygen atoms in total. The molecule has 0 spiro atoms. The van der Waals surface area contributed by atoms with Crippen LogP contribution in [0, 0.1) is 11.3 Å². The minimum atomic E-state index is -0.0687. The molecule has 0 fully saturated rings. The van der Waals surface area contributed by atoms with Crippen LogP contribution in [0.4, 0.5) is 0 Å². The molecule has 4 heteroatoms. The molecule has 0 N–H and O–H groups in total. The Bertz CT molecular complexity index is 437. The Morgan fingerprint density at radius 1 is 1.47 bits per heavy atom. The van der Waals surface area contributed by atoms with E-state index >= 15 is 0 Å². The highest BCUT2D eigenvalue weighted by molar-refractivity contribution is 7.80. The van der Waals surface area contributed by atoms with Gasteiger partial charge in [-0.05, 0) is 26.0 Å². The molecular formula is C13H16N2OS. The van der Waals surface area contributed by atoms with Crippen LogP contribution in [0.2, 0.25) is 0 Å². The van der Waals surface area contributed by atoms with Crippen molar-refractivity contribution in [1.82, 2.24) is 4.90 Å². The summed E-state index contributed by atoms with van der Waals surface area (Å²) in [6, 6.07) is 9.34. The third-order valence-electron chi connectivity index (χ3n) is 2.48. The molecule has 0 heterocycles. The predicted octanol–water partition coefficient (Wildman–Crippen LogP) is 2.74. The van der Waals surface area contributed by atoms with Crippen molar-refractivity contribution in [2.75, 3.05) is 6.54 Å². The number of carbonyl (C=O) groups excluding carboxylic acids is 1. The lowest BCUT2D eigenvalue weighted by atomic mass is 10.1. The predicted molar refractivity (Wildman–Crippen MR) is 70.1 cm³/mol. The second kappa shape index (κ2) is 6.31. The highest BCUT2D eigenvalue weighted by Gasteiger charge is 2.19. The second-order valence-corrected chi connectivity index (χ2v) is 4.50. The third-order valence-corrected chi connectivity index (χ3v) is 2.87. The monoisotopic (exact) mass is 248 g/mol. The van der Waals surface area contributed by atoms with Crippen molar-refractivity contribution >= 4 is 18.5 Å². The van der Waals surface area contributed by atoms with E-state index in [4.69, 9.17) is 5.26 Å². The zero-order chi connectivity index (χ0) is 12.8. The topological polar surface area (TPSA) is 44.1 Å². The van der Waals surface area contributed by atoms with E-state index in [1.807, 2.05) is 26.0 Å². The van der Waals surface area contributed by atoms with Crippen LogP contribution in [0.1, 0.15) is 30.6 Å². The van der Waals surface area contributed by atoms with E-state index in [0.29, 0.717) is 23.4 Å². The molecule has 1 aromatic carbocycles. The van der Waals surface area contributed by atoms with Crippen molar-refractivity contribution in [3.8, 4) is 6.07 Å². The maximum absolute atomic E-state index is 12.3. The molecule has 1 rings (SSSR count). The van der Waals surface area contributed by atoms with E-state index in [-0.39, 0.29) is 11.9 Å². The first kappa shape index (κ1) is 13.6. The number of rotatable bonds is 4. The smallest absolute Gasteiger partial charge is 0.255 e. The zero-order valence-electron chi connectivity index (χ0n) is 10.1. The minimum Gasteiger partial charge on any atom is -0.335 e. The Balaban J connectivity index is 2.93. The average molecular weight is 248 g/mol. The van der Waals surface area contributed by atoms with Crippen LogP contribution < -0.4 is 0 Å². The summed E-state index contributed by atoms with van der Waals surface area (Å²) in [6.45, 7) is 4.34. The number of nitrogens with zero attached hydrogens (tertiary/aromatic N) is 2. The molecular weight excluding hydrogens is 232 g/mol. The van der Waals surface area contributed by atoms with E-state index < -0.39 is 0 Å². The van der Waals surface area contributed by atoms with Gasteiger partial charge in [-0.2, -0.15) is 5.26 Å². The number of carbonyl (C=O) groups is 1. The summed E-state index contributed by atoms with van der Waals surface area (Å²) in [6.07, 6.45) is 0.346. The van der Waals surface area contributed by atoms with Gasteiger partial charge in [-0.15, -0.1) is 12.6 Å². The van der Waals surface area contributed by atoms with Crippen LogP contribution in [0.3, 0.4) is 0 Å². The fourth-order valence-corrected chi connectivity index (χ4v) is 1.83. The molecule has 0 aliphatic rings. The summed E-state index contributed by atoms with van der Waals surface area (Å²) in [5.74, 6) is -0.0687. The van der Waals surface area contributed by atoms with Crippen molar-refractivity contribution in [2.45, 2.75) is 31.2 Å². The SMILES string of the molecule is CC(C)N(CCC#N)C(=O)c1ccccc1S. The summed E-state index contributed by atoms with van der Waals surface area (Å²) in [4.78, 5) is 14.6. The van der Waals surface area contributed by atoms with Crippen LogP contribution in [0.15, 0.2) is 29.2 Å². The van der Waals surface area contributed by atoms with Gasteiger partial charge in [0.25, 0.3) is 5.91 Å². The standard InChI is InChI=1S/C13H16N2OS/c1-10(2)15(9-5-8-14)13(16)11-6-3-4-7-12(11)17/h3-4,6-7,10,17H,5,9H2,1-2H3. The van der Waals surface area contributed by atoms with E-state index in [1.165, 1.54) is 0 Å². The number of nitriles is 1. The Morgan fingerprint density at radius 2 is 2.12 bits per heavy atom. The van der Waals surface area contributed by atoms with Crippen LogP contribution in [-0.2, 0) is 0 Å². The van der Waals surface area contributed by atoms with Gasteiger partial charge in [-0.3, -0.25) is 4.79 Å². The van der Waals surface area contributed by atoms with Crippen LogP contribution >= 0.6 is 12.6 Å². The van der Waals surface area contributed by atoms with Crippen molar-refractivity contribution in [1.29, 1.82) is 5.26 Å². The maximum Gasteiger partial charge on any atom is 0.255 e. The van der Waals surface area contributed by atoms with Gasteiger partial charge in [0.15, 0.2) is 0 Å². The van der Waals surface area contributed by atoms with E-state index in [0.717, 1.165) is 0 Å². The Kier molecular flexibility index (Phi) is 5.05. The van der Waals surface area contributed by atoms with Crippen LogP contribution in [0.25, 0.3) is 0 Å². The summed E-state index contributed by atoms with van der Waals surface area (Å²) in [5.41, 5.74) is 0.586. The Morgan fingerprint density at radius 3 is 2.65 bits per heavy atom. The van der Waals surface area contributed by atoms with Gasteiger partial charge >= 0.3 is 0 Å². The molecule has 0 saturated heterocycles. The van der Waals surface area contributed by atoms with Gasteiger partial charge in [0.2, 0.25) is 0 Å². The number of benzene rings is 1. The third kappa shape index (κ3) is 3.50. The van der Waals surface area contributed by atoms with Gasteiger partial charge in [0.05, 0.1) is 18.1 Å². The van der Waals surface area contributed by atoms with Crippen molar-refractivity contribution in [3.05, 3.63) is 29.8 Å². The first-order chi connectivity index (χ1) is 8.07. The number of amides is 1. The molecule has 0 aliphatic heterocycles. The minimum absolute atomic E-state index is 0.0687. The molecule has 0 radical (unpaired) electrons. The van der Waals surface area contributed by atoms with Crippen molar-refractivity contribution in [2.24, 2.45) is 0 Å². The molecule has 0 saturated carbocycles. The number of hydrogen-bond donors (Lipinski definition) is 1. The average Bonchev–Trinajstić information content (AvgIpc) is 2.29. The number of thiol groups is 1. The lowest BCUT2D eigenvalue weighted by Crippen LogP contribution is -2.37. The van der Waals surface area contributed by atoms with Gasteiger partial charge in [0, 0.05) is 17.5 Å². The van der Waals surface area contributed by atoms with Crippen LogP contribution in [0.5, 0.6) is 0 Å². The zero-order valence-corrected chi connectivity index (χ0v) is 10.9. The van der Waals surface area contributed by atoms with Gasteiger partial charge < -0.3 is 4.90 Å². The normalized spacial score (nSPS) is 10.1. The molecule has 0 aliphatic carbocycles. The molecule has 0 unspecified atom stereocenters. The van der Waals surface area contributed by atoms with E-state index in [2.05, 4.69) is 18.7 Å². The first-order valence-electron chi connectivity index (χ1n) is 5.53. The number of hydrogen-bond acceptors (Lipinski definition) is 3. The molecule has 0 aromatic heterocycles. The van der Waals surface area contributed by atoms with Gasteiger partial charge in [0.1, 0.15) is 0 Å². The molecule has 0 atom stereocenters. The molecule has 0 bridgehead atoms. The summed E-state index contributed by atoms with van der Waals surface area (Å²) < 4.78 is 0. The largest absolute Gasteiger partial charge is 0.335 e. The van der Waals surface area contributed by atoms with Crippen molar-refractivity contribution < 1.29 is 4.79 Å². The van der Waals surface area contributed by atoms with Gasteiger partial charge in [-0.25, -0.2) is 0 Å². The quantitative estimate of drug-likeness (QED) is 0.833. The van der Waals surface area contributed by atoms with E-state index in [1.54, 1.807) is 17.0 Å². The lowest BCUT2D eigenvalue weighted by Gasteiger charge is -2.26. The van der Waals surface area contributed by atoms with Gasteiger partial charge in [-0.1, -0.05) is 12.1 Å². The van der Waals surface area contributed by atoms with Crippen LogP contribution in [-0.4, -0.2) is 23.4 Å².